The number of benzene rings is 1. The third-order valence-electron chi connectivity index (χ3n) is 6.77. The first-order valence-corrected chi connectivity index (χ1v) is 10.5. The SMILES string of the molecule is CCCN1C(=O)CC(C(=O)OC)C12CCN(Cc1nc3ccccc3n1C)CC2. The van der Waals surface area contributed by atoms with Gasteiger partial charge in [0.15, 0.2) is 0 Å². The van der Waals surface area contributed by atoms with Crippen LogP contribution < -0.4 is 0 Å². The second-order valence-electron chi connectivity index (χ2n) is 8.28. The van der Waals surface area contributed by atoms with Gasteiger partial charge in [-0.3, -0.25) is 14.5 Å². The smallest absolute Gasteiger partial charge is 0.311 e. The Balaban J connectivity index is 1.52. The van der Waals surface area contributed by atoms with E-state index in [2.05, 4.69) is 29.5 Å². The van der Waals surface area contributed by atoms with Crippen molar-refractivity contribution in [2.24, 2.45) is 13.0 Å². The molecule has 29 heavy (non-hydrogen) atoms. The predicted octanol–water partition coefficient (Wildman–Crippen LogP) is 2.34. The fraction of sp³-hybridized carbons (Fsp3) is 0.591. The summed E-state index contributed by atoms with van der Waals surface area (Å²) in [5.74, 6) is 0.524. The normalized spacial score (nSPS) is 22.0. The second-order valence-corrected chi connectivity index (χ2v) is 8.28. The molecule has 0 bridgehead atoms. The standard InChI is InChI=1S/C22H30N4O3/c1-4-11-26-20(27)14-16(21(28)29-3)22(26)9-12-25(13-10-22)15-19-23-17-7-5-6-8-18(17)24(19)2/h5-8,16H,4,9-15H2,1-3H3. The molecule has 2 aliphatic rings. The first-order chi connectivity index (χ1) is 14.0. The van der Waals surface area contributed by atoms with Gasteiger partial charge in [0, 0.05) is 33.1 Å². The van der Waals surface area contributed by atoms with Gasteiger partial charge in [0.05, 0.1) is 36.1 Å². The molecule has 0 radical (unpaired) electrons. The van der Waals surface area contributed by atoms with Crippen LogP contribution in [0.3, 0.4) is 0 Å². The van der Waals surface area contributed by atoms with E-state index in [0.717, 1.165) is 55.8 Å². The molecule has 1 amide bonds. The maximum absolute atomic E-state index is 12.7. The Kier molecular flexibility index (Phi) is 5.34. The van der Waals surface area contributed by atoms with E-state index in [1.165, 1.54) is 7.11 Å². The Morgan fingerprint density at radius 2 is 2.00 bits per heavy atom. The van der Waals surface area contributed by atoms with Crippen LogP contribution in [0.4, 0.5) is 0 Å². The highest BCUT2D eigenvalue weighted by atomic mass is 16.5. The number of carbonyl (C=O) groups is 2. The summed E-state index contributed by atoms with van der Waals surface area (Å²) < 4.78 is 7.22. The number of piperidine rings is 1. The second kappa shape index (κ2) is 7.78. The number of nitrogens with zero attached hydrogens (tertiary/aromatic N) is 4. The van der Waals surface area contributed by atoms with Crippen LogP contribution in [0.5, 0.6) is 0 Å². The number of rotatable bonds is 5. The van der Waals surface area contributed by atoms with Crippen LogP contribution in [-0.2, 0) is 27.9 Å². The van der Waals surface area contributed by atoms with Crippen LogP contribution in [0, 0.1) is 5.92 Å². The minimum absolute atomic E-state index is 0.0889. The molecule has 3 heterocycles. The van der Waals surface area contributed by atoms with Crippen LogP contribution in [-0.4, -0.2) is 63.5 Å². The molecule has 2 aromatic rings. The Labute approximate surface area is 171 Å². The lowest BCUT2D eigenvalue weighted by Gasteiger charge is -2.47. The molecular weight excluding hydrogens is 368 g/mol. The average molecular weight is 399 g/mol. The van der Waals surface area contributed by atoms with Gasteiger partial charge in [-0.1, -0.05) is 19.1 Å². The first kappa shape index (κ1) is 19.9. The number of aryl methyl sites for hydroxylation is 1. The number of hydrogen-bond acceptors (Lipinski definition) is 5. The number of hydrogen-bond donors (Lipinski definition) is 0. The van der Waals surface area contributed by atoms with Crippen LogP contribution in [0.25, 0.3) is 11.0 Å². The molecule has 7 nitrogen and oxygen atoms in total. The van der Waals surface area contributed by atoms with Crippen molar-refractivity contribution in [1.29, 1.82) is 0 Å². The van der Waals surface area contributed by atoms with E-state index < -0.39 is 5.54 Å². The summed E-state index contributed by atoms with van der Waals surface area (Å²) in [4.78, 5) is 34.3. The average Bonchev–Trinajstić information content (AvgIpc) is 3.19. The van der Waals surface area contributed by atoms with Gasteiger partial charge in [0.1, 0.15) is 5.82 Å². The van der Waals surface area contributed by atoms with E-state index in [9.17, 15) is 9.59 Å². The highest BCUT2D eigenvalue weighted by Crippen LogP contribution is 2.44. The van der Waals surface area contributed by atoms with Crippen LogP contribution in [0.1, 0.15) is 38.4 Å². The summed E-state index contributed by atoms with van der Waals surface area (Å²) in [5, 5.41) is 0. The predicted molar refractivity (Wildman–Crippen MR) is 110 cm³/mol. The molecule has 1 aromatic heterocycles. The van der Waals surface area contributed by atoms with Gasteiger partial charge in [-0.25, -0.2) is 4.98 Å². The largest absolute Gasteiger partial charge is 0.469 e. The highest BCUT2D eigenvalue weighted by Gasteiger charge is 2.56. The lowest BCUT2D eigenvalue weighted by Crippen LogP contribution is -2.57. The van der Waals surface area contributed by atoms with E-state index in [1.807, 2.05) is 23.1 Å². The molecule has 0 N–H and O–H groups in total. The molecule has 1 atom stereocenters. The monoisotopic (exact) mass is 398 g/mol. The molecule has 156 valence electrons. The molecule has 1 aromatic carbocycles. The van der Waals surface area contributed by atoms with Crippen molar-refractivity contribution in [2.75, 3.05) is 26.7 Å². The molecule has 0 aliphatic carbocycles. The maximum atomic E-state index is 12.7. The lowest BCUT2D eigenvalue weighted by molar-refractivity contribution is -0.150. The Bertz CT molecular complexity index is 914. The van der Waals surface area contributed by atoms with E-state index in [-0.39, 0.29) is 24.2 Å². The van der Waals surface area contributed by atoms with Gasteiger partial charge in [0.25, 0.3) is 0 Å². The maximum Gasteiger partial charge on any atom is 0.311 e. The van der Waals surface area contributed by atoms with Crippen molar-refractivity contribution >= 4 is 22.9 Å². The quantitative estimate of drug-likeness (QED) is 0.723. The molecule has 2 aliphatic heterocycles. The van der Waals surface area contributed by atoms with Crippen molar-refractivity contribution in [1.82, 2.24) is 19.4 Å². The number of imidazole rings is 1. The number of para-hydroxylation sites is 2. The number of amides is 1. The Morgan fingerprint density at radius 1 is 1.28 bits per heavy atom. The van der Waals surface area contributed by atoms with Crippen molar-refractivity contribution in [3.63, 3.8) is 0 Å². The molecular formula is C22H30N4O3. The van der Waals surface area contributed by atoms with Crippen molar-refractivity contribution < 1.29 is 14.3 Å². The van der Waals surface area contributed by atoms with Gasteiger partial charge < -0.3 is 14.2 Å². The fourth-order valence-corrected chi connectivity index (χ4v) is 5.18. The zero-order valence-electron chi connectivity index (χ0n) is 17.6. The van der Waals surface area contributed by atoms with E-state index in [0.29, 0.717) is 6.54 Å². The van der Waals surface area contributed by atoms with Gasteiger partial charge in [-0.05, 0) is 31.4 Å². The third-order valence-corrected chi connectivity index (χ3v) is 6.77. The van der Waals surface area contributed by atoms with Crippen molar-refractivity contribution in [2.45, 2.75) is 44.7 Å². The van der Waals surface area contributed by atoms with Crippen molar-refractivity contribution in [3.8, 4) is 0 Å². The van der Waals surface area contributed by atoms with Gasteiger partial charge in [0.2, 0.25) is 5.91 Å². The zero-order chi connectivity index (χ0) is 20.6. The minimum atomic E-state index is -0.400. The number of likely N-dealkylation sites (tertiary alicyclic amines) is 2. The minimum Gasteiger partial charge on any atom is -0.469 e. The molecule has 2 saturated heterocycles. The van der Waals surface area contributed by atoms with Gasteiger partial charge in [-0.15, -0.1) is 0 Å². The lowest BCUT2D eigenvalue weighted by atomic mass is 9.76. The van der Waals surface area contributed by atoms with E-state index in [1.54, 1.807) is 0 Å². The Morgan fingerprint density at radius 3 is 2.66 bits per heavy atom. The third kappa shape index (κ3) is 3.31. The van der Waals surface area contributed by atoms with Crippen LogP contribution in [0.15, 0.2) is 24.3 Å². The summed E-state index contributed by atoms with van der Waals surface area (Å²) in [5.41, 5.74) is 1.75. The topological polar surface area (TPSA) is 67.7 Å². The molecule has 1 unspecified atom stereocenters. The number of ether oxygens (including phenoxy) is 1. The molecule has 7 heteroatoms. The number of methoxy groups -OCH3 is 1. The van der Waals surface area contributed by atoms with Gasteiger partial charge in [-0.2, -0.15) is 0 Å². The molecule has 4 rings (SSSR count). The van der Waals surface area contributed by atoms with Crippen molar-refractivity contribution in [3.05, 3.63) is 30.1 Å². The fourth-order valence-electron chi connectivity index (χ4n) is 5.18. The molecule has 2 fully saturated rings. The summed E-state index contributed by atoms with van der Waals surface area (Å²) >= 11 is 0. The van der Waals surface area contributed by atoms with Crippen LogP contribution in [0.2, 0.25) is 0 Å². The van der Waals surface area contributed by atoms with Gasteiger partial charge >= 0.3 is 5.97 Å². The number of fused-ring (bicyclic) bond motifs is 1. The summed E-state index contributed by atoms with van der Waals surface area (Å²) in [6.07, 6.45) is 2.76. The highest BCUT2D eigenvalue weighted by molar-refractivity contribution is 5.89. The van der Waals surface area contributed by atoms with Crippen LogP contribution >= 0.6 is 0 Å². The summed E-state index contributed by atoms with van der Waals surface area (Å²) in [6, 6.07) is 8.17. The zero-order valence-corrected chi connectivity index (χ0v) is 17.6. The molecule has 1 spiro atoms. The van der Waals surface area contributed by atoms with E-state index >= 15 is 0 Å². The number of esters is 1. The Hall–Kier alpha value is -2.41. The first-order valence-electron chi connectivity index (χ1n) is 10.5. The number of carbonyl (C=O) groups excluding carboxylic acids is 2. The van der Waals surface area contributed by atoms with E-state index in [4.69, 9.17) is 9.72 Å². The summed E-state index contributed by atoms with van der Waals surface area (Å²) in [6.45, 7) is 5.23. The molecule has 0 saturated carbocycles. The number of aromatic nitrogens is 2. The summed E-state index contributed by atoms with van der Waals surface area (Å²) in [7, 11) is 3.48.